The summed E-state index contributed by atoms with van der Waals surface area (Å²) in [4.78, 5) is 32.9. The summed E-state index contributed by atoms with van der Waals surface area (Å²) in [6, 6.07) is 11.7. The van der Waals surface area contributed by atoms with Crippen LogP contribution in [0.3, 0.4) is 0 Å². The summed E-state index contributed by atoms with van der Waals surface area (Å²) in [6.07, 6.45) is 6.55. The summed E-state index contributed by atoms with van der Waals surface area (Å²) in [5.74, 6) is 0.196. The largest absolute Gasteiger partial charge is 0.355 e. The molecule has 0 aliphatic rings. The number of aromatic nitrogens is 4. The standard InChI is InChI=1S/C20H15N5O3/c1-25-10-9-22-19(25)18(26)13-4-6-15(7-5-13)23-20(27)16-11-17(28-24-16)14-3-2-8-21-12-14/h2-12H,1H3,(H,23,27). The second kappa shape index (κ2) is 7.28. The Labute approximate surface area is 159 Å². The molecular weight excluding hydrogens is 358 g/mol. The lowest BCUT2D eigenvalue weighted by molar-refractivity contribution is 0.101. The van der Waals surface area contributed by atoms with Gasteiger partial charge in [0.15, 0.2) is 17.3 Å². The zero-order valence-electron chi connectivity index (χ0n) is 14.9. The number of benzene rings is 1. The van der Waals surface area contributed by atoms with Gasteiger partial charge in [0, 0.05) is 54.7 Å². The molecule has 3 heterocycles. The predicted molar refractivity (Wildman–Crippen MR) is 101 cm³/mol. The number of ketones is 1. The van der Waals surface area contributed by atoms with Gasteiger partial charge in [-0.1, -0.05) is 5.16 Å². The fraction of sp³-hybridized carbons (Fsp3) is 0.0500. The maximum absolute atomic E-state index is 12.4. The van der Waals surface area contributed by atoms with Crippen LogP contribution in [-0.2, 0) is 7.05 Å². The monoisotopic (exact) mass is 373 g/mol. The average molecular weight is 373 g/mol. The van der Waals surface area contributed by atoms with Gasteiger partial charge in [0.1, 0.15) is 0 Å². The zero-order valence-corrected chi connectivity index (χ0v) is 14.9. The first kappa shape index (κ1) is 17.3. The van der Waals surface area contributed by atoms with Gasteiger partial charge in [0.2, 0.25) is 5.78 Å². The third-order valence-corrected chi connectivity index (χ3v) is 4.12. The van der Waals surface area contributed by atoms with E-state index in [2.05, 4.69) is 20.4 Å². The van der Waals surface area contributed by atoms with Crippen molar-refractivity contribution in [3.8, 4) is 11.3 Å². The van der Waals surface area contributed by atoms with Crippen LogP contribution >= 0.6 is 0 Å². The molecule has 0 spiro atoms. The molecule has 1 aromatic carbocycles. The number of amides is 1. The van der Waals surface area contributed by atoms with E-state index in [1.54, 1.807) is 72.8 Å². The highest BCUT2D eigenvalue weighted by Gasteiger charge is 2.16. The number of carbonyl (C=O) groups is 2. The fourth-order valence-corrected chi connectivity index (χ4v) is 2.64. The molecule has 8 heteroatoms. The Hall–Kier alpha value is -4.07. The number of anilines is 1. The molecule has 3 aromatic heterocycles. The number of pyridine rings is 1. The van der Waals surface area contributed by atoms with Crippen molar-refractivity contribution in [1.29, 1.82) is 0 Å². The molecule has 0 saturated heterocycles. The molecule has 8 nitrogen and oxygen atoms in total. The van der Waals surface area contributed by atoms with E-state index in [0.717, 1.165) is 5.56 Å². The van der Waals surface area contributed by atoms with E-state index in [0.29, 0.717) is 22.8 Å². The SMILES string of the molecule is Cn1ccnc1C(=O)c1ccc(NC(=O)c2cc(-c3cccnc3)on2)cc1. The van der Waals surface area contributed by atoms with Crippen molar-refractivity contribution < 1.29 is 14.1 Å². The fourth-order valence-electron chi connectivity index (χ4n) is 2.64. The second-order valence-electron chi connectivity index (χ2n) is 6.04. The molecular formula is C20H15N5O3. The molecule has 0 aliphatic heterocycles. The molecule has 0 atom stereocenters. The molecule has 0 aliphatic carbocycles. The molecule has 138 valence electrons. The molecule has 0 fully saturated rings. The average Bonchev–Trinajstić information content (AvgIpc) is 3.38. The lowest BCUT2D eigenvalue weighted by Gasteiger charge is -2.05. The smallest absolute Gasteiger partial charge is 0.277 e. The Morgan fingerprint density at radius 3 is 2.61 bits per heavy atom. The van der Waals surface area contributed by atoms with Crippen molar-refractivity contribution in [1.82, 2.24) is 19.7 Å². The predicted octanol–water partition coefficient (Wildman–Crippen LogP) is 2.95. The molecule has 4 rings (SSSR count). The number of hydrogen-bond donors (Lipinski definition) is 1. The van der Waals surface area contributed by atoms with Gasteiger partial charge in [-0.25, -0.2) is 4.98 Å². The number of aryl methyl sites for hydroxylation is 1. The minimum atomic E-state index is -0.415. The number of nitrogens with zero attached hydrogens (tertiary/aromatic N) is 4. The van der Waals surface area contributed by atoms with Crippen molar-refractivity contribution in [2.75, 3.05) is 5.32 Å². The van der Waals surface area contributed by atoms with Gasteiger partial charge in [-0.2, -0.15) is 0 Å². The molecule has 4 aromatic rings. The van der Waals surface area contributed by atoms with Gasteiger partial charge in [0.05, 0.1) is 0 Å². The number of imidazole rings is 1. The lowest BCUT2D eigenvalue weighted by atomic mass is 10.1. The van der Waals surface area contributed by atoms with Crippen LogP contribution in [0.25, 0.3) is 11.3 Å². The minimum Gasteiger partial charge on any atom is -0.355 e. The zero-order chi connectivity index (χ0) is 19.5. The van der Waals surface area contributed by atoms with Crippen LogP contribution in [0.15, 0.2) is 71.8 Å². The van der Waals surface area contributed by atoms with Crippen LogP contribution in [0.1, 0.15) is 26.7 Å². The van der Waals surface area contributed by atoms with Gasteiger partial charge < -0.3 is 14.4 Å². The number of hydrogen-bond acceptors (Lipinski definition) is 6. The van der Waals surface area contributed by atoms with Crippen molar-refractivity contribution in [3.05, 3.63) is 84.3 Å². The van der Waals surface area contributed by atoms with Gasteiger partial charge in [-0.05, 0) is 36.4 Å². The number of carbonyl (C=O) groups excluding carboxylic acids is 2. The number of rotatable bonds is 5. The summed E-state index contributed by atoms with van der Waals surface area (Å²) in [5.41, 5.74) is 1.89. The highest BCUT2D eigenvalue weighted by Crippen LogP contribution is 2.20. The first-order chi connectivity index (χ1) is 13.6. The molecule has 0 radical (unpaired) electrons. The third-order valence-electron chi connectivity index (χ3n) is 4.12. The molecule has 28 heavy (non-hydrogen) atoms. The van der Waals surface area contributed by atoms with Gasteiger partial charge in [-0.15, -0.1) is 0 Å². The molecule has 0 saturated carbocycles. The summed E-state index contributed by atoms with van der Waals surface area (Å²) < 4.78 is 6.86. The molecule has 1 N–H and O–H groups in total. The van der Waals surface area contributed by atoms with E-state index in [9.17, 15) is 9.59 Å². The third kappa shape index (κ3) is 3.43. The summed E-state index contributed by atoms with van der Waals surface area (Å²) in [7, 11) is 1.76. The second-order valence-corrected chi connectivity index (χ2v) is 6.04. The maximum atomic E-state index is 12.4. The maximum Gasteiger partial charge on any atom is 0.277 e. The van der Waals surface area contributed by atoms with E-state index in [1.807, 2.05) is 6.07 Å². The highest BCUT2D eigenvalue weighted by atomic mass is 16.5. The first-order valence-corrected chi connectivity index (χ1v) is 8.42. The Morgan fingerprint density at radius 2 is 1.93 bits per heavy atom. The van der Waals surface area contributed by atoms with Crippen molar-refractivity contribution in [2.24, 2.45) is 7.05 Å². The van der Waals surface area contributed by atoms with Gasteiger partial charge in [0.25, 0.3) is 5.91 Å². The lowest BCUT2D eigenvalue weighted by Crippen LogP contribution is -2.13. The van der Waals surface area contributed by atoms with Crippen LogP contribution in [0.5, 0.6) is 0 Å². The van der Waals surface area contributed by atoms with Crippen LogP contribution in [0.2, 0.25) is 0 Å². The van der Waals surface area contributed by atoms with E-state index >= 15 is 0 Å². The van der Waals surface area contributed by atoms with E-state index in [-0.39, 0.29) is 11.5 Å². The van der Waals surface area contributed by atoms with Crippen molar-refractivity contribution in [2.45, 2.75) is 0 Å². The van der Waals surface area contributed by atoms with Crippen LogP contribution in [0.4, 0.5) is 5.69 Å². The molecule has 0 bridgehead atoms. The van der Waals surface area contributed by atoms with Gasteiger partial charge >= 0.3 is 0 Å². The molecule has 1 amide bonds. The number of nitrogens with one attached hydrogen (secondary N) is 1. The Balaban J connectivity index is 1.46. The Kier molecular flexibility index (Phi) is 4.51. The normalized spacial score (nSPS) is 10.6. The topological polar surface area (TPSA) is 103 Å². The van der Waals surface area contributed by atoms with Gasteiger partial charge in [-0.3, -0.25) is 14.6 Å². The van der Waals surface area contributed by atoms with Crippen LogP contribution < -0.4 is 5.32 Å². The van der Waals surface area contributed by atoms with Crippen LogP contribution in [-0.4, -0.2) is 31.4 Å². The van der Waals surface area contributed by atoms with Crippen molar-refractivity contribution in [3.63, 3.8) is 0 Å². The summed E-state index contributed by atoms with van der Waals surface area (Å²) >= 11 is 0. The van der Waals surface area contributed by atoms with E-state index < -0.39 is 5.91 Å². The quantitative estimate of drug-likeness (QED) is 0.540. The Bertz CT molecular complexity index is 1130. The summed E-state index contributed by atoms with van der Waals surface area (Å²) in [6.45, 7) is 0. The van der Waals surface area contributed by atoms with E-state index in [4.69, 9.17) is 4.52 Å². The highest BCUT2D eigenvalue weighted by molar-refractivity contribution is 6.07. The summed E-state index contributed by atoms with van der Waals surface area (Å²) in [5, 5.41) is 6.52. The minimum absolute atomic E-state index is 0.145. The van der Waals surface area contributed by atoms with E-state index in [1.165, 1.54) is 0 Å². The first-order valence-electron chi connectivity index (χ1n) is 8.42. The molecule has 0 unspecified atom stereocenters. The van der Waals surface area contributed by atoms with Crippen molar-refractivity contribution >= 4 is 17.4 Å². The van der Waals surface area contributed by atoms with Crippen LogP contribution in [0, 0.1) is 0 Å². The Morgan fingerprint density at radius 1 is 1.11 bits per heavy atom.